The van der Waals surface area contributed by atoms with Crippen molar-refractivity contribution in [3.8, 4) is 0 Å². The zero-order chi connectivity index (χ0) is 53.5. The molecule has 396 valence electrons. The quantitative estimate of drug-likeness (QED) is 0.0346. The summed E-state index contributed by atoms with van der Waals surface area (Å²) >= 11 is 0. The van der Waals surface area contributed by atoms with Crippen LogP contribution in [0.5, 0.6) is 0 Å². The Labute approximate surface area is 421 Å². The largest absolute Gasteiger partial charge is 0.394 e. The van der Waals surface area contributed by atoms with Gasteiger partial charge in [0.2, 0.25) is 53.2 Å². The first kappa shape index (κ1) is 57.3. The van der Waals surface area contributed by atoms with E-state index in [0.29, 0.717) is 11.1 Å². The number of carbonyl (C=O) groups excluding carboxylic acids is 9. The first-order valence-corrected chi connectivity index (χ1v) is 23.8. The highest BCUT2D eigenvalue weighted by Crippen LogP contribution is 2.20. The van der Waals surface area contributed by atoms with Gasteiger partial charge in [-0.25, -0.2) is 0 Å². The molecule has 1 fully saturated rings. The second-order valence-corrected chi connectivity index (χ2v) is 17.4. The van der Waals surface area contributed by atoms with Crippen LogP contribution in [0.4, 0.5) is 0 Å². The fourth-order valence-corrected chi connectivity index (χ4v) is 7.86. The van der Waals surface area contributed by atoms with Gasteiger partial charge in [0.25, 0.3) is 0 Å². The maximum absolute atomic E-state index is 14.5. The number of nitrogens with two attached hydrogens (primary N) is 5. The number of primary amides is 1. The number of aromatic amines is 1. The number of para-hydroxylation sites is 1. The zero-order valence-corrected chi connectivity index (χ0v) is 40.6. The first-order valence-electron chi connectivity index (χ1n) is 23.8. The molecule has 3 aromatic rings. The number of aliphatic hydroxyl groups is 1. The number of fused-ring (bicyclic) bond motifs is 1. The van der Waals surface area contributed by atoms with E-state index in [4.69, 9.17) is 28.7 Å². The average molecular weight is 1020 g/mol. The molecule has 73 heavy (non-hydrogen) atoms. The maximum Gasteiger partial charge on any atom is 0.245 e. The lowest BCUT2D eigenvalue weighted by molar-refractivity contribution is -0.136. The molecule has 1 aliphatic heterocycles. The molecular formula is C47H68N16O10. The minimum atomic E-state index is -1.77. The number of amides is 9. The normalized spacial score (nSPS) is 21.3. The molecule has 20 N–H and O–H groups in total. The summed E-state index contributed by atoms with van der Waals surface area (Å²) < 4.78 is 0. The Bertz CT molecular complexity index is 2460. The summed E-state index contributed by atoms with van der Waals surface area (Å²) in [4.78, 5) is 134. The predicted octanol–water partition coefficient (Wildman–Crippen LogP) is -4.36. The van der Waals surface area contributed by atoms with E-state index in [2.05, 4.69) is 57.5 Å². The molecule has 0 saturated carbocycles. The van der Waals surface area contributed by atoms with Crippen LogP contribution in [0, 0.1) is 0 Å². The third-order valence-electron chi connectivity index (χ3n) is 11.6. The number of aromatic nitrogens is 1. The molecule has 1 saturated heterocycles. The Morgan fingerprint density at radius 1 is 0.712 bits per heavy atom. The number of nitrogens with one attached hydrogen (secondary N) is 9. The Kier molecular flexibility index (Phi) is 22.9. The molecule has 0 unspecified atom stereocenters. The smallest absolute Gasteiger partial charge is 0.245 e. The van der Waals surface area contributed by atoms with Crippen molar-refractivity contribution >= 4 is 76.0 Å². The van der Waals surface area contributed by atoms with Gasteiger partial charge in [0.1, 0.15) is 42.3 Å². The SMILES string of the molecule is CC(=O)N[C@@H](CCCN=C(N)N)C(=O)N[C@H]1CC(=O)NCCCC[C@@H](C(N)=O)NC(=O)[C@H](Cc2c[nH]c3ccccc23)NC(=O)[C@H](CCCN=C(N)N)NC(=O)[C@@H](Cc2ccccc2)NC(=O)[C@@H](CO)NC1=O. The molecule has 2 heterocycles. The number of aliphatic imine (C=N–C) groups is 2. The van der Waals surface area contributed by atoms with E-state index < -0.39 is 108 Å². The van der Waals surface area contributed by atoms with E-state index >= 15 is 0 Å². The van der Waals surface area contributed by atoms with E-state index in [0.717, 1.165) is 10.9 Å². The lowest BCUT2D eigenvalue weighted by Gasteiger charge is -2.27. The minimum absolute atomic E-state index is 0.00478. The molecule has 1 aliphatic rings. The summed E-state index contributed by atoms with van der Waals surface area (Å²) in [7, 11) is 0. The minimum Gasteiger partial charge on any atom is -0.394 e. The monoisotopic (exact) mass is 1020 g/mol. The van der Waals surface area contributed by atoms with Gasteiger partial charge < -0.3 is 81.3 Å². The highest BCUT2D eigenvalue weighted by molar-refractivity contribution is 5.99. The molecule has 1 aromatic heterocycles. The van der Waals surface area contributed by atoms with Gasteiger partial charge in [-0.15, -0.1) is 0 Å². The molecular weight excluding hydrogens is 949 g/mol. The van der Waals surface area contributed by atoms with Gasteiger partial charge >= 0.3 is 0 Å². The topological polar surface area (TPSA) is 441 Å². The molecule has 0 bridgehead atoms. The fourth-order valence-electron chi connectivity index (χ4n) is 7.86. The number of H-pyrrole nitrogens is 1. The van der Waals surface area contributed by atoms with Crippen molar-refractivity contribution < 1.29 is 48.3 Å². The number of benzene rings is 2. The zero-order valence-electron chi connectivity index (χ0n) is 40.6. The van der Waals surface area contributed by atoms with Crippen molar-refractivity contribution in [2.45, 2.75) is 113 Å². The molecule has 2 aromatic carbocycles. The average Bonchev–Trinajstić information content (AvgIpc) is 3.75. The second kappa shape index (κ2) is 29.1. The lowest BCUT2D eigenvalue weighted by atomic mass is 10.0. The Morgan fingerprint density at radius 3 is 1.96 bits per heavy atom. The molecule has 9 amide bonds. The van der Waals surface area contributed by atoms with Crippen molar-refractivity contribution in [3.05, 3.63) is 71.9 Å². The van der Waals surface area contributed by atoms with Gasteiger partial charge in [-0.1, -0.05) is 48.5 Å². The van der Waals surface area contributed by atoms with Gasteiger partial charge in [0, 0.05) is 56.5 Å². The molecule has 0 spiro atoms. The third kappa shape index (κ3) is 19.4. The van der Waals surface area contributed by atoms with Gasteiger partial charge in [-0.05, 0) is 62.1 Å². The number of rotatable bonds is 17. The number of hydrogen-bond donors (Lipinski definition) is 15. The van der Waals surface area contributed by atoms with E-state index in [1.54, 1.807) is 42.6 Å². The number of hydrogen-bond acceptors (Lipinski definition) is 12. The van der Waals surface area contributed by atoms with Crippen LogP contribution in [0.2, 0.25) is 0 Å². The van der Waals surface area contributed by atoms with Gasteiger partial charge in [0.05, 0.1) is 13.0 Å². The Hall–Kier alpha value is -8.29. The van der Waals surface area contributed by atoms with Crippen molar-refractivity contribution in [3.63, 3.8) is 0 Å². The van der Waals surface area contributed by atoms with Crippen LogP contribution in [-0.2, 0) is 56.0 Å². The van der Waals surface area contributed by atoms with E-state index in [1.165, 1.54) is 6.92 Å². The van der Waals surface area contributed by atoms with Crippen LogP contribution in [0.15, 0.2) is 70.8 Å². The lowest BCUT2D eigenvalue weighted by Crippen LogP contribution is -2.61. The maximum atomic E-state index is 14.5. The van der Waals surface area contributed by atoms with Gasteiger partial charge in [0.15, 0.2) is 11.9 Å². The summed E-state index contributed by atoms with van der Waals surface area (Å²) in [6.45, 7) is 0.283. The highest BCUT2D eigenvalue weighted by atomic mass is 16.3. The highest BCUT2D eigenvalue weighted by Gasteiger charge is 2.35. The fraction of sp³-hybridized carbons (Fsp3) is 0.468. The van der Waals surface area contributed by atoms with Crippen LogP contribution < -0.4 is 71.2 Å². The van der Waals surface area contributed by atoms with Crippen molar-refractivity contribution in [1.29, 1.82) is 0 Å². The summed E-state index contributed by atoms with van der Waals surface area (Å²) in [5.74, 6) is -8.15. The van der Waals surface area contributed by atoms with Crippen LogP contribution in [-0.4, -0.2) is 144 Å². The molecule has 26 nitrogen and oxygen atoms in total. The van der Waals surface area contributed by atoms with Gasteiger partial charge in [-0.3, -0.25) is 53.1 Å². The standard InChI is InChI=1S/C47H68N16O10/c1-26(65)57-32(16-9-19-54-46(49)50)40(68)62-36-23-38(66)53-18-8-7-15-31(39(48)67)58-43(71)35(22-28-24-56-30-14-6-5-13-29(28)30)61-41(69)33(17-10-20-55-47(51)52)59-42(70)34(21-27-11-3-2-4-12-27)60-45(73)37(25-64)63-44(36)72/h2-6,11-14,24,31-37,56,64H,7-10,15-23,25H2,1H3,(H2,48,67)(H,53,66)(H,57,65)(H,58,71)(H,59,70)(H,60,73)(H,61,69)(H,62,68)(H,63,72)(H4,49,50,54)(H4,51,52,55)/t31-,32-,33-,34+,35-,36-,37+/m0/s1. The number of nitrogens with zero attached hydrogens (tertiary/aromatic N) is 2. The van der Waals surface area contributed by atoms with Gasteiger partial charge in [-0.2, -0.15) is 0 Å². The summed E-state index contributed by atoms with van der Waals surface area (Å²) in [5.41, 5.74) is 29.6. The number of guanidine groups is 2. The van der Waals surface area contributed by atoms with Crippen molar-refractivity contribution in [1.82, 2.24) is 47.5 Å². The molecule has 7 atom stereocenters. The molecule has 26 heteroatoms. The van der Waals surface area contributed by atoms with Crippen LogP contribution >= 0.6 is 0 Å². The van der Waals surface area contributed by atoms with E-state index in [9.17, 15) is 48.3 Å². The number of carbonyl (C=O) groups is 9. The summed E-state index contributed by atoms with van der Waals surface area (Å²) in [5, 5.41) is 31.8. The number of aliphatic hydroxyl groups excluding tert-OH is 1. The molecule has 0 radical (unpaired) electrons. The van der Waals surface area contributed by atoms with E-state index in [1.807, 2.05) is 18.2 Å². The van der Waals surface area contributed by atoms with Crippen LogP contribution in [0.25, 0.3) is 10.9 Å². The van der Waals surface area contributed by atoms with Crippen LogP contribution in [0.3, 0.4) is 0 Å². The Balaban J connectivity index is 1.74. The van der Waals surface area contributed by atoms with Crippen LogP contribution in [0.1, 0.15) is 69.4 Å². The van der Waals surface area contributed by atoms with E-state index in [-0.39, 0.29) is 89.3 Å². The Morgan fingerprint density at radius 2 is 1.30 bits per heavy atom. The summed E-state index contributed by atoms with van der Waals surface area (Å²) in [6, 6.07) is 5.60. The molecule has 4 rings (SSSR count). The van der Waals surface area contributed by atoms with Crippen molar-refractivity contribution in [2.24, 2.45) is 38.7 Å². The summed E-state index contributed by atoms with van der Waals surface area (Å²) in [6.07, 6.45) is 1.50. The third-order valence-corrected chi connectivity index (χ3v) is 11.6. The predicted molar refractivity (Wildman–Crippen MR) is 269 cm³/mol. The molecule has 0 aliphatic carbocycles. The first-order chi connectivity index (χ1) is 34.8. The second-order valence-electron chi connectivity index (χ2n) is 17.4. The van der Waals surface area contributed by atoms with Crippen molar-refractivity contribution in [2.75, 3.05) is 26.2 Å².